The molecule has 1 rings (SSSR count). The highest BCUT2D eigenvalue weighted by atomic mass is 16.4. The predicted molar refractivity (Wildman–Crippen MR) is 97.1 cm³/mol. The third kappa shape index (κ3) is 5.64. The molecule has 0 fully saturated rings. The van der Waals surface area contributed by atoms with Crippen LogP contribution in [0.5, 0.6) is 0 Å². The maximum Gasteiger partial charge on any atom is 0.328 e. The molecule has 0 aliphatic heterocycles. The molecule has 1 aliphatic carbocycles. The second kappa shape index (κ2) is 10.00. The minimum absolute atomic E-state index is 0.00141. The number of carbonyl (C=O) groups excluding carboxylic acids is 2. The molecule has 1 aliphatic rings. The van der Waals surface area contributed by atoms with Crippen molar-refractivity contribution < 1.29 is 39.6 Å². The van der Waals surface area contributed by atoms with Gasteiger partial charge in [0.1, 0.15) is 0 Å². The Balaban J connectivity index is 3.28. The van der Waals surface area contributed by atoms with Crippen molar-refractivity contribution in [3.05, 3.63) is 23.0 Å². The van der Waals surface area contributed by atoms with E-state index in [9.17, 15) is 34.5 Å². The van der Waals surface area contributed by atoms with Crippen molar-refractivity contribution in [3.63, 3.8) is 0 Å². The Morgan fingerprint density at radius 1 is 1.00 bits per heavy atom. The van der Waals surface area contributed by atoms with Crippen LogP contribution >= 0.6 is 0 Å². The minimum Gasteiger partial charge on any atom is -0.480 e. The largest absolute Gasteiger partial charge is 0.480 e. The second-order valence-electron chi connectivity index (χ2n) is 6.61. The second-order valence-corrected chi connectivity index (χ2v) is 6.61. The molecule has 0 aromatic rings. The molecule has 0 saturated carbocycles. The van der Waals surface area contributed by atoms with Crippen molar-refractivity contribution in [1.29, 1.82) is 0 Å². The number of aliphatic hydroxyl groups is 2. The van der Waals surface area contributed by atoms with Gasteiger partial charge < -0.3 is 31.1 Å². The van der Waals surface area contributed by atoms with Crippen LogP contribution in [0.2, 0.25) is 0 Å². The first-order valence-electron chi connectivity index (χ1n) is 8.89. The van der Waals surface area contributed by atoms with Crippen LogP contribution in [0, 0.1) is 0 Å². The van der Waals surface area contributed by atoms with Gasteiger partial charge in [0, 0.05) is 11.6 Å². The number of allylic oxidation sites excluding steroid dienone is 2. The summed E-state index contributed by atoms with van der Waals surface area (Å²) in [6, 6.07) is -3.01. The zero-order valence-corrected chi connectivity index (χ0v) is 15.9. The average Bonchev–Trinajstić information content (AvgIpc) is 2.58. The number of hydrogen-bond acceptors (Lipinski definition) is 8. The molecule has 0 radical (unpaired) electrons. The molecule has 0 unspecified atom stereocenters. The van der Waals surface area contributed by atoms with Gasteiger partial charge in [-0.25, -0.2) is 9.59 Å². The van der Waals surface area contributed by atoms with Gasteiger partial charge in [0.2, 0.25) is 11.6 Å². The van der Waals surface area contributed by atoms with Crippen LogP contribution in [0.3, 0.4) is 0 Å². The number of aliphatic hydroxyl groups excluding tert-OH is 2. The molecule has 156 valence electrons. The van der Waals surface area contributed by atoms with E-state index in [4.69, 9.17) is 5.11 Å². The third-order valence-corrected chi connectivity index (χ3v) is 4.23. The van der Waals surface area contributed by atoms with Crippen molar-refractivity contribution in [3.8, 4) is 0 Å². The Kier molecular flexibility index (Phi) is 8.33. The molecule has 0 bridgehead atoms. The van der Waals surface area contributed by atoms with E-state index >= 15 is 0 Å². The molecule has 0 heterocycles. The lowest BCUT2D eigenvalue weighted by atomic mass is 9.91. The summed E-state index contributed by atoms with van der Waals surface area (Å²) in [5, 5.41) is 42.4. The summed E-state index contributed by atoms with van der Waals surface area (Å²) in [7, 11) is 0. The number of unbranched alkanes of at least 4 members (excludes halogenated alkanes) is 1. The van der Waals surface area contributed by atoms with Crippen LogP contribution in [0.25, 0.3) is 0 Å². The van der Waals surface area contributed by atoms with Gasteiger partial charge in [-0.1, -0.05) is 13.3 Å². The fraction of sp³-hybridized carbons (Fsp3) is 0.556. The summed E-state index contributed by atoms with van der Waals surface area (Å²) in [4.78, 5) is 48.0. The van der Waals surface area contributed by atoms with Crippen molar-refractivity contribution in [2.75, 3.05) is 0 Å². The molecule has 0 aromatic heterocycles. The van der Waals surface area contributed by atoms with E-state index in [1.165, 1.54) is 13.8 Å². The Morgan fingerprint density at radius 2 is 1.50 bits per heavy atom. The van der Waals surface area contributed by atoms with Crippen LogP contribution in [0.15, 0.2) is 23.0 Å². The fourth-order valence-corrected chi connectivity index (χ4v) is 2.65. The van der Waals surface area contributed by atoms with E-state index in [-0.39, 0.29) is 23.4 Å². The van der Waals surface area contributed by atoms with Crippen molar-refractivity contribution in [1.82, 2.24) is 10.6 Å². The molecule has 0 amide bonds. The quantitative estimate of drug-likeness (QED) is 0.245. The van der Waals surface area contributed by atoms with E-state index in [1.807, 2.05) is 6.92 Å². The number of rotatable bonds is 11. The molecule has 10 nitrogen and oxygen atoms in total. The van der Waals surface area contributed by atoms with Gasteiger partial charge in [-0.2, -0.15) is 0 Å². The third-order valence-electron chi connectivity index (χ3n) is 4.23. The number of aliphatic carboxylic acids is 2. The smallest absolute Gasteiger partial charge is 0.328 e. The molecule has 6 N–H and O–H groups in total. The van der Waals surface area contributed by atoms with Crippen LogP contribution in [-0.4, -0.2) is 68.2 Å². The van der Waals surface area contributed by atoms with Crippen LogP contribution in [-0.2, 0) is 19.2 Å². The first kappa shape index (κ1) is 23.3. The number of carboxylic acids is 2. The number of Topliss-reactive ketones (excluding diaryl/α,β-unsaturated/α-hetero) is 1. The Labute approximate surface area is 161 Å². The standard InChI is InChI=1S/C18H26N2O8/c1-4-5-6-10-15(20-14(9(3)22)18(27)28)12(23)7-11(16(10)24)19-13(8(2)21)17(25)26/h7-9,13-14,19-22H,4-6H2,1-3H3,(H,25,26)(H,27,28)/t8-,9-,13+,14+/m1/s1. The van der Waals surface area contributed by atoms with Crippen molar-refractivity contribution in [2.24, 2.45) is 0 Å². The van der Waals surface area contributed by atoms with E-state index in [1.54, 1.807) is 0 Å². The maximum atomic E-state index is 12.8. The molecule has 10 heteroatoms. The van der Waals surface area contributed by atoms with Gasteiger partial charge in [-0.15, -0.1) is 0 Å². The molecule has 0 spiro atoms. The lowest BCUT2D eigenvalue weighted by Gasteiger charge is -2.26. The Morgan fingerprint density at radius 3 is 1.93 bits per heavy atom. The van der Waals surface area contributed by atoms with Gasteiger partial charge in [0.05, 0.1) is 23.6 Å². The molecule has 28 heavy (non-hydrogen) atoms. The van der Waals surface area contributed by atoms with E-state index in [0.717, 1.165) is 6.08 Å². The Hall–Kier alpha value is -2.72. The maximum absolute atomic E-state index is 12.8. The van der Waals surface area contributed by atoms with Gasteiger partial charge in [0.25, 0.3) is 0 Å². The highest BCUT2D eigenvalue weighted by molar-refractivity contribution is 6.22. The predicted octanol–water partition coefficient (Wildman–Crippen LogP) is -0.686. The van der Waals surface area contributed by atoms with Crippen LogP contribution in [0.4, 0.5) is 0 Å². The number of hydrogen-bond donors (Lipinski definition) is 6. The lowest BCUT2D eigenvalue weighted by Crippen LogP contribution is -2.49. The molecule has 4 atom stereocenters. The van der Waals surface area contributed by atoms with Gasteiger partial charge >= 0.3 is 11.9 Å². The molecular formula is C18H26N2O8. The molecular weight excluding hydrogens is 372 g/mol. The molecule has 0 aromatic carbocycles. The van der Waals surface area contributed by atoms with Crippen LogP contribution in [0.1, 0.15) is 40.0 Å². The van der Waals surface area contributed by atoms with Crippen molar-refractivity contribution >= 4 is 23.5 Å². The van der Waals surface area contributed by atoms with Gasteiger partial charge in [-0.3, -0.25) is 9.59 Å². The summed E-state index contributed by atoms with van der Waals surface area (Å²) in [6.45, 7) is 4.32. The fourth-order valence-electron chi connectivity index (χ4n) is 2.65. The normalized spacial score (nSPS) is 18.8. The topological polar surface area (TPSA) is 173 Å². The number of nitrogens with one attached hydrogen (secondary N) is 2. The summed E-state index contributed by atoms with van der Waals surface area (Å²) < 4.78 is 0. The van der Waals surface area contributed by atoms with E-state index in [0.29, 0.717) is 12.8 Å². The molecule has 0 saturated heterocycles. The summed E-state index contributed by atoms with van der Waals surface area (Å²) in [5.41, 5.74) is -0.529. The SMILES string of the molecule is CCCCC1=C(N[C@H](C(=O)O)[C@@H](C)O)C(=O)C=C(N[C@H](C(=O)O)[C@@H](C)O)C1=O. The Bertz CT molecular complexity index is 708. The zero-order chi connectivity index (χ0) is 21.6. The first-order valence-corrected chi connectivity index (χ1v) is 8.89. The van der Waals surface area contributed by atoms with Crippen LogP contribution < -0.4 is 10.6 Å². The van der Waals surface area contributed by atoms with Gasteiger partial charge in [-0.05, 0) is 26.7 Å². The summed E-state index contributed by atoms with van der Waals surface area (Å²) in [5.74, 6) is -4.20. The monoisotopic (exact) mass is 398 g/mol. The average molecular weight is 398 g/mol. The first-order chi connectivity index (χ1) is 13.0. The number of ketones is 2. The zero-order valence-electron chi connectivity index (χ0n) is 15.9. The summed E-state index contributed by atoms with van der Waals surface area (Å²) >= 11 is 0. The number of carboxylic acid groups (broad SMARTS) is 2. The van der Waals surface area contributed by atoms with Crippen molar-refractivity contribution in [2.45, 2.75) is 64.3 Å². The lowest BCUT2D eigenvalue weighted by molar-refractivity contribution is -0.143. The highest BCUT2D eigenvalue weighted by Crippen LogP contribution is 2.23. The van der Waals surface area contributed by atoms with E-state index in [2.05, 4.69) is 10.6 Å². The minimum atomic E-state index is -1.51. The summed E-state index contributed by atoms with van der Waals surface area (Å²) in [6.07, 6.45) is -0.446. The van der Waals surface area contributed by atoms with Gasteiger partial charge in [0.15, 0.2) is 12.1 Å². The van der Waals surface area contributed by atoms with E-state index < -0.39 is 47.8 Å². The highest BCUT2D eigenvalue weighted by Gasteiger charge is 2.34. The number of carbonyl (C=O) groups is 4.